The standard InChI is InChI=1S/C23H34N2O2/c26-20-10-6-14-24(17-20)15-13-22(27)25-16-12-18-7-4-5-11-21(18)23(25)19-8-2-1-3-9-19/h4-5,7,11,19-20,23,26H,1-3,6,8-10,12-17H2/t20-,23?/m1/s1. The maximum absolute atomic E-state index is 13.2. The van der Waals surface area contributed by atoms with E-state index in [1.165, 1.54) is 43.2 Å². The number of benzene rings is 1. The molecule has 1 saturated heterocycles. The zero-order valence-corrected chi connectivity index (χ0v) is 16.5. The van der Waals surface area contributed by atoms with Crippen LogP contribution >= 0.6 is 0 Å². The lowest BCUT2D eigenvalue weighted by molar-refractivity contribution is -0.136. The summed E-state index contributed by atoms with van der Waals surface area (Å²) in [6.45, 7) is 3.38. The van der Waals surface area contributed by atoms with Gasteiger partial charge in [-0.1, -0.05) is 43.5 Å². The molecule has 1 aromatic rings. The van der Waals surface area contributed by atoms with E-state index in [1.54, 1.807) is 0 Å². The number of aliphatic hydroxyl groups excluding tert-OH is 1. The molecule has 0 aromatic heterocycles. The largest absolute Gasteiger partial charge is 0.392 e. The molecule has 1 aliphatic carbocycles. The summed E-state index contributed by atoms with van der Waals surface area (Å²) in [6, 6.07) is 9.06. The van der Waals surface area contributed by atoms with Crippen molar-refractivity contribution in [3.05, 3.63) is 35.4 Å². The molecule has 2 fully saturated rings. The first-order chi connectivity index (χ1) is 13.2. The maximum Gasteiger partial charge on any atom is 0.224 e. The summed E-state index contributed by atoms with van der Waals surface area (Å²) < 4.78 is 0. The molecule has 1 amide bonds. The number of β-amino-alcohol motifs (C(OH)–C–C–N with tert-alkyl or cyclic N) is 1. The summed E-state index contributed by atoms with van der Waals surface area (Å²) in [4.78, 5) is 17.7. The number of fused-ring (bicyclic) bond motifs is 1. The van der Waals surface area contributed by atoms with Crippen molar-refractivity contribution in [3.8, 4) is 0 Å². The minimum absolute atomic E-state index is 0.217. The molecule has 2 aliphatic heterocycles. The molecule has 4 nitrogen and oxygen atoms in total. The van der Waals surface area contributed by atoms with E-state index in [0.29, 0.717) is 18.2 Å². The zero-order valence-electron chi connectivity index (χ0n) is 16.5. The third kappa shape index (κ3) is 4.38. The van der Waals surface area contributed by atoms with Crippen LogP contribution in [-0.2, 0) is 11.2 Å². The Balaban J connectivity index is 1.47. The van der Waals surface area contributed by atoms with Crippen LogP contribution in [0.15, 0.2) is 24.3 Å². The van der Waals surface area contributed by atoms with Crippen molar-refractivity contribution < 1.29 is 9.90 Å². The van der Waals surface area contributed by atoms with Crippen molar-refractivity contribution in [2.75, 3.05) is 26.2 Å². The molecule has 0 spiro atoms. The number of rotatable bonds is 4. The molecule has 0 radical (unpaired) electrons. The lowest BCUT2D eigenvalue weighted by atomic mass is 9.77. The summed E-state index contributed by atoms with van der Waals surface area (Å²) in [5.41, 5.74) is 2.84. The number of amides is 1. The molecule has 2 atom stereocenters. The van der Waals surface area contributed by atoms with E-state index in [9.17, 15) is 9.90 Å². The first-order valence-electron chi connectivity index (χ1n) is 11.0. The molecule has 27 heavy (non-hydrogen) atoms. The highest BCUT2D eigenvalue weighted by Gasteiger charge is 2.36. The van der Waals surface area contributed by atoms with Gasteiger partial charge in [0.05, 0.1) is 12.1 Å². The van der Waals surface area contributed by atoms with E-state index in [4.69, 9.17) is 0 Å². The lowest BCUT2D eigenvalue weighted by Gasteiger charge is -2.43. The number of hydrogen-bond donors (Lipinski definition) is 1. The zero-order chi connectivity index (χ0) is 18.6. The summed E-state index contributed by atoms with van der Waals surface area (Å²) in [5, 5.41) is 9.88. The fourth-order valence-electron chi connectivity index (χ4n) is 5.47. The van der Waals surface area contributed by atoms with Gasteiger partial charge in [-0.05, 0) is 55.7 Å². The predicted octanol–water partition coefficient (Wildman–Crippen LogP) is 3.54. The number of carbonyl (C=O) groups is 1. The van der Waals surface area contributed by atoms with Crippen LogP contribution in [0, 0.1) is 5.92 Å². The summed E-state index contributed by atoms with van der Waals surface area (Å²) in [6.07, 6.45) is 9.73. The third-order valence-corrected chi connectivity index (χ3v) is 6.87. The Bertz CT molecular complexity index is 641. The molecule has 1 saturated carbocycles. The molecule has 1 N–H and O–H groups in total. The number of piperidine rings is 1. The van der Waals surface area contributed by atoms with Gasteiger partial charge < -0.3 is 14.9 Å². The monoisotopic (exact) mass is 370 g/mol. The van der Waals surface area contributed by atoms with E-state index < -0.39 is 0 Å². The van der Waals surface area contributed by atoms with E-state index in [1.807, 2.05) is 0 Å². The fraction of sp³-hybridized carbons (Fsp3) is 0.696. The van der Waals surface area contributed by atoms with Crippen LogP contribution in [0.1, 0.15) is 68.5 Å². The summed E-state index contributed by atoms with van der Waals surface area (Å²) in [5.74, 6) is 0.918. The molecule has 4 rings (SSSR count). The van der Waals surface area contributed by atoms with Crippen LogP contribution in [0.4, 0.5) is 0 Å². The third-order valence-electron chi connectivity index (χ3n) is 6.87. The Morgan fingerprint density at radius 2 is 1.85 bits per heavy atom. The molecule has 2 heterocycles. The Labute approximate surface area is 163 Å². The fourth-order valence-corrected chi connectivity index (χ4v) is 5.47. The van der Waals surface area contributed by atoms with Gasteiger partial charge in [0.15, 0.2) is 0 Å². The Morgan fingerprint density at radius 1 is 1.04 bits per heavy atom. The first kappa shape index (κ1) is 18.9. The van der Waals surface area contributed by atoms with Crippen LogP contribution in [0.5, 0.6) is 0 Å². The Morgan fingerprint density at radius 3 is 2.67 bits per heavy atom. The molecule has 0 bridgehead atoms. The van der Waals surface area contributed by atoms with Crippen LogP contribution < -0.4 is 0 Å². The van der Waals surface area contributed by atoms with E-state index in [-0.39, 0.29) is 12.1 Å². The molecule has 148 valence electrons. The molecule has 1 unspecified atom stereocenters. The van der Waals surface area contributed by atoms with Gasteiger partial charge >= 0.3 is 0 Å². The highest BCUT2D eigenvalue weighted by Crippen LogP contribution is 2.42. The van der Waals surface area contributed by atoms with Crippen molar-refractivity contribution >= 4 is 5.91 Å². The van der Waals surface area contributed by atoms with E-state index in [2.05, 4.69) is 34.1 Å². The first-order valence-corrected chi connectivity index (χ1v) is 11.0. The highest BCUT2D eigenvalue weighted by atomic mass is 16.3. The predicted molar refractivity (Wildman–Crippen MR) is 107 cm³/mol. The second kappa shape index (κ2) is 8.74. The van der Waals surface area contributed by atoms with Gasteiger partial charge in [0.25, 0.3) is 0 Å². The van der Waals surface area contributed by atoms with E-state index in [0.717, 1.165) is 45.4 Å². The number of likely N-dealkylation sites (tertiary alicyclic amines) is 1. The van der Waals surface area contributed by atoms with Gasteiger partial charge in [0.1, 0.15) is 0 Å². The van der Waals surface area contributed by atoms with E-state index >= 15 is 0 Å². The lowest BCUT2D eigenvalue weighted by Crippen LogP contribution is -2.45. The Hall–Kier alpha value is -1.39. The minimum atomic E-state index is -0.217. The SMILES string of the molecule is O=C(CCN1CCC[C@@H](O)C1)N1CCc2ccccc2C1C1CCCCC1. The van der Waals surface area contributed by atoms with Crippen molar-refractivity contribution in [2.45, 2.75) is 69.9 Å². The van der Waals surface area contributed by atoms with Crippen LogP contribution in [0.25, 0.3) is 0 Å². The summed E-state index contributed by atoms with van der Waals surface area (Å²) >= 11 is 0. The van der Waals surface area contributed by atoms with Crippen molar-refractivity contribution in [3.63, 3.8) is 0 Å². The topological polar surface area (TPSA) is 43.8 Å². The van der Waals surface area contributed by atoms with Crippen LogP contribution in [-0.4, -0.2) is 53.1 Å². The van der Waals surface area contributed by atoms with Crippen molar-refractivity contribution in [1.29, 1.82) is 0 Å². The normalized spacial score (nSPS) is 27.4. The Kier molecular flexibility index (Phi) is 6.14. The second-order valence-corrected chi connectivity index (χ2v) is 8.73. The number of carbonyl (C=O) groups excluding carboxylic acids is 1. The van der Waals surface area contributed by atoms with Crippen LogP contribution in [0.2, 0.25) is 0 Å². The average Bonchev–Trinajstić information content (AvgIpc) is 2.72. The van der Waals surface area contributed by atoms with Gasteiger partial charge in [-0.3, -0.25) is 4.79 Å². The van der Waals surface area contributed by atoms with Gasteiger partial charge in [0.2, 0.25) is 5.91 Å². The van der Waals surface area contributed by atoms with Crippen LogP contribution in [0.3, 0.4) is 0 Å². The quantitative estimate of drug-likeness (QED) is 0.882. The average molecular weight is 371 g/mol. The second-order valence-electron chi connectivity index (χ2n) is 8.73. The molecule has 3 aliphatic rings. The highest BCUT2D eigenvalue weighted by molar-refractivity contribution is 5.77. The van der Waals surface area contributed by atoms with Gasteiger partial charge in [0, 0.05) is 26.1 Å². The molecule has 1 aromatic carbocycles. The maximum atomic E-state index is 13.2. The molecular weight excluding hydrogens is 336 g/mol. The minimum Gasteiger partial charge on any atom is -0.392 e. The molecular formula is C23H34N2O2. The number of nitrogens with zero attached hydrogens (tertiary/aromatic N) is 2. The van der Waals surface area contributed by atoms with Gasteiger partial charge in [-0.15, -0.1) is 0 Å². The number of hydrogen-bond acceptors (Lipinski definition) is 3. The van der Waals surface area contributed by atoms with Crippen molar-refractivity contribution in [2.24, 2.45) is 5.92 Å². The van der Waals surface area contributed by atoms with Gasteiger partial charge in [-0.25, -0.2) is 0 Å². The smallest absolute Gasteiger partial charge is 0.224 e. The van der Waals surface area contributed by atoms with Crippen molar-refractivity contribution in [1.82, 2.24) is 9.80 Å². The van der Waals surface area contributed by atoms with Gasteiger partial charge in [-0.2, -0.15) is 0 Å². The summed E-state index contributed by atoms with van der Waals surface area (Å²) in [7, 11) is 0. The molecule has 4 heteroatoms. The number of aliphatic hydroxyl groups is 1.